The molecule has 0 aromatic heterocycles. The Morgan fingerprint density at radius 3 is 2.65 bits per heavy atom. The zero-order valence-electron chi connectivity index (χ0n) is 9.49. The summed E-state index contributed by atoms with van der Waals surface area (Å²) in [6.45, 7) is 3.04. The number of ether oxygens (including phenoxy) is 1. The van der Waals surface area contributed by atoms with Crippen molar-refractivity contribution in [1.29, 1.82) is 0 Å². The number of hydrogen-bond donors (Lipinski definition) is 2. The zero-order chi connectivity index (χ0) is 13.0. The number of halogens is 1. The van der Waals surface area contributed by atoms with Crippen LogP contribution in [0.5, 0.6) is 5.75 Å². The van der Waals surface area contributed by atoms with Crippen LogP contribution in [0.25, 0.3) is 0 Å². The van der Waals surface area contributed by atoms with Gasteiger partial charge < -0.3 is 10.5 Å². The topological polar surface area (TPSA) is 81.4 Å². The fourth-order valence-electron chi connectivity index (χ4n) is 1.13. The highest BCUT2D eigenvalue weighted by Gasteiger charge is 2.16. The SMILES string of the molecule is Cc1ccc(OC(C)C(=O)NC(N)=O)cc1F. The maximum absolute atomic E-state index is 13.2. The summed E-state index contributed by atoms with van der Waals surface area (Å²) in [5.74, 6) is -0.899. The van der Waals surface area contributed by atoms with Crippen molar-refractivity contribution in [3.05, 3.63) is 29.6 Å². The van der Waals surface area contributed by atoms with E-state index in [1.54, 1.807) is 6.92 Å². The Bertz CT molecular complexity index is 448. The van der Waals surface area contributed by atoms with Crippen LogP contribution < -0.4 is 15.8 Å². The van der Waals surface area contributed by atoms with Crippen molar-refractivity contribution in [2.75, 3.05) is 0 Å². The maximum atomic E-state index is 13.2. The minimum Gasteiger partial charge on any atom is -0.481 e. The highest BCUT2D eigenvalue weighted by Crippen LogP contribution is 2.17. The highest BCUT2D eigenvalue weighted by molar-refractivity contribution is 5.95. The summed E-state index contributed by atoms with van der Waals surface area (Å²) in [7, 11) is 0. The molecule has 0 saturated heterocycles. The van der Waals surface area contributed by atoms with Gasteiger partial charge in [-0.25, -0.2) is 9.18 Å². The molecule has 0 aliphatic carbocycles. The van der Waals surface area contributed by atoms with Crippen molar-refractivity contribution in [1.82, 2.24) is 5.32 Å². The van der Waals surface area contributed by atoms with Gasteiger partial charge in [-0.15, -0.1) is 0 Å². The number of carbonyl (C=O) groups is 2. The lowest BCUT2D eigenvalue weighted by molar-refractivity contribution is -0.126. The maximum Gasteiger partial charge on any atom is 0.318 e. The van der Waals surface area contributed by atoms with E-state index >= 15 is 0 Å². The normalized spacial score (nSPS) is 11.7. The molecule has 0 spiro atoms. The average molecular weight is 240 g/mol. The van der Waals surface area contributed by atoms with Gasteiger partial charge in [0.2, 0.25) is 0 Å². The third-order valence-corrected chi connectivity index (χ3v) is 2.07. The molecule has 0 bridgehead atoms. The fraction of sp³-hybridized carbons (Fsp3) is 0.273. The smallest absolute Gasteiger partial charge is 0.318 e. The van der Waals surface area contributed by atoms with Gasteiger partial charge in [-0.3, -0.25) is 10.1 Å². The number of hydrogen-bond acceptors (Lipinski definition) is 3. The number of rotatable bonds is 3. The number of imide groups is 1. The number of nitrogens with one attached hydrogen (secondary N) is 1. The molecule has 1 aromatic carbocycles. The second-order valence-corrected chi connectivity index (χ2v) is 3.52. The minimum atomic E-state index is -0.958. The molecule has 3 N–H and O–H groups in total. The second kappa shape index (κ2) is 5.29. The van der Waals surface area contributed by atoms with Crippen LogP contribution in [0.1, 0.15) is 12.5 Å². The van der Waals surface area contributed by atoms with Gasteiger partial charge in [0.1, 0.15) is 11.6 Å². The van der Waals surface area contributed by atoms with Crippen LogP contribution in [0.15, 0.2) is 18.2 Å². The molecular formula is C11H13FN2O3. The number of carbonyl (C=O) groups excluding carboxylic acids is 2. The minimum absolute atomic E-state index is 0.209. The summed E-state index contributed by atoms with van der Waals surface area (Å²) < 4.78 is 18.3. The van der Waals surface area contributed by atoms with Crippen molar-refractivity contribution >= 4 is 11.9 Å². The van der Waals surface area contributed by atoms with E-state index in [9.17, 15) is 14.0 Å². The standard InChI is InChI=1S/C11H13FN2O3/c1-6-3-4-8(5-9(6)12)17-7(2)10(15)14-11(13)16/h3-5,7H,1-2H3,(H3,13,14,15,16). The molecule has 0 aliphatic rings. The average Bonchev–Trinajstić information content (AvgIpc) is 2.22. The third-order valence-electron chi connectivity index (χ3n) is 2.07. The van der Waals surface area contributed by atoms with Gasteiger partial charge in [0.15, 0.2) is 6.10 Å². The molecule has 0 radical (unpaired) electrons. The van der Waals surface area contributed by atoms with Gasteiger partial charge >= 0.3 is 6.03 Å². The predicted octanol–water partition coefficient (Wildman–Crippen LogP) is 1.10. The van der Waals surface area contributed by atoms with Crippen molar-refractivity contribution in [3.63, 3.8) is 0 Å². The Morgan fingerprint density at radius 1 is 1.47 bits per heavy atom. The molecule has 1 aromatic rings. The highest BCUT2D eigenvalue weighted by atomic mass is 19.1. The Labute approximate surface area is 97.7 Å². The van der Waals surface area contributed by atoms with Crippen LogP contribution in [0.4, 0.5) is 9.18 Å². The van der Waals surface area contributed by atoms with E-state index in [-0.39, 0.29) is 5.75 Å². The van der Waals surface area contributed by atoms with E-state index in [2.05, 4.69) is 0 Å². The molecule has 1 unspecified atom stereocenters. The molecular weight excluding hydrogens is 227 g/mol. The molecule has 0 fully saturated rings. The van der Waals surface area contributed by atoms with Gasteiger partial charge in [-0.1, -0.05) is 6.07 Å². The number of urea groups is 1. The molecule has 92 valence electrons. The summed E-state index contributed by atoms with van der Waals surface area (Å²) in [5, 5.41) is 1.87. The fourth-order valence-corrected chi connectivity index (χ4v) is 1.13. The molecule has 0 aliphatic heterocycles. The molecule has 3 amide bonds. The van der Waals surface area contributed by atoms with Crippen LogP contribution in [0.2, 0.25) is 0 Å². The van der Waals surface area contributed by atoms with Crippen molar-refractivity contribution < 1.29 is 18.7 Å². The van der Waals surface area contributed by atoms with Crippen LogP contribution in [-0.4, -0.2) is 18.0 Å². The van der Waals surface area contributed by atoms with E-state index in [0.29, 0.717) is 5.56 Å². The van der Waals surface area contributed by atoms with E-state index in [4.69, 9.17) is 10.5 Å². The van der Waals surface area contributed by atoms with E-state index in [0.717, 1.165) is 0 Å². The van der Waals surface area contributed by atoms with Crippen LogP contribution in [-0.2, 0) is 4.79 Å². The van der Waals surface area contributed by atoms with E-state index in [1.165, 1.54) is 25.1 Å². The molecule has 1 rings (SSSR count). The molecule has 0 saturated carbocycles. The largest absolute Gasteiger partial charge is 0.481 e. The molecule has 6 heteroatoms. The lowest BCUT2D eigenvalue weighted by Crippen LogP contribution is -2.42. The number of benzene rings is 1. The molecule has 17 heavy (non-hydrogen) atoms. The van der Waals surface area contributed by atoms with Gasteiger partial charge in [0.25, 0.3) is 5.91 Å². The Balaban J connectivity index is 2.67. The zero-order valence-corrected chi connectivity index (χ0v) is 9.49. The first-order valence-electron chi connectivity index (χ1n) is 4.93. The van der Waals surface area contributed by atoms with Crippen LogP contribution in [0, 0.1) is 12.7 Å². The van der Waals surface area contributed by atoms with E-state index < -0.39 is 23.9 Å². The first-order chi connectivity index (χ1) is 7.90. The number of amides is 3. The van der Waals surface area contributed by atoms with Gasteiger partial charge in [-0.2, -0.15) is 0 Å². The number of nitrogens with two attached hydrogens (primary N) is 1. The van der Waals surface area contributed by atoms with Crippen LogP contribution >= 0.6 is 0 Å². The predicted molar refractivity (Wildman–Crippen MR) is 59.0 cm³/mol. The van der Waals surface area contributed by atoms with Crippen molar-refractivity contribution in [2.24, 2.45) is 5.73 Å². The first-order valence-corrected chi connectivity index (χ1v) is 4.93. The summed E-state index contributed by atoms with van der Waals surface area (Å²) in [6.07, 6.45) is -0.940. The summed E-state index contributed by atoms with van der Waals surface area (Å²) in [5.41, 5.74) is 5.26. The summed E-state index contributed by atoms with van der Waals surface area (Å²) in [4.78, 5) is 21.7. The van der Waals surface area contributed by atoms with Crippen molar-refractivity contribution in [2.45, 2.75) is 20.0 Å². The lowest BCUT2D eigenvalue weighted by atomic mass is 10.2. The van der Waals surface area contributed by atoms with Gasteiger partial charge in [0, 0.05) is 6.07 Å². The molecule has 0 heterocycles. The second-order valence-electron chi connectivity index (χ2n) is 3.52. The lowest BCUT2D eigenvalue weighted by Gasteiger charge is -2.13. The monoisotopic (exact) mass is 240 g/mol. The van der Waals surface area contributed by atoms with E-state index in [1.807, 2.05) is 5.32 Å². The molecule has 5 nitrogen and oxygen atoms in total. The van der Waals surface area contributed by atoms with Crippen molar-refractivity contribution in [3.8, 4) is 5.75 Å². The first kappa shape index (κ1) is 13.0. The molecule has 1 atom stereocenters. The quantitative estimate of drug-likeness (QED) is 0.829. The van der Waals surface area contributed by atoms with Crippen LogP contribution in [0.3, 0.4) is 0 Å². The number of primary amides is 1. The third kappa shape index (κ3) is 3.75. The number of aryl methyl sites for hydroxylation is 1. The van der Waals surface area contributed by atoms with Gasteiger partial charge in [0.05, 0.1) is 0 Å². The Kier molecular flexibility index (Phi) is 4.03. The van der Waals surface area contributed by atoms with Gasteiger partial charge in [-0.05, 0) is 25.5 Å². The Morgan fingerprint density at radius 2 is 2.12 bits per heavy atom. The Hall–Kier alpha value is -2.11. The summed E-state index contributed by atoms with van der Waals surface area (Å²) >= 11 is 0. The summed E-state index contributed by atoms with van der Waals surface area (Å²) in [6, 6.07) is 3.28.